The monoisotopic (exact) mass is 226 g/mol. The number of rotatable bonds is 2. The molecule has 4 heteroatoms. The lowest BCUT2D eigenvalue weighted by Crippen LogP contribution is -2.10. The van der Waals surface area contributed by atoms with Gasteiger partial charge in [0.05, 0.1) is 11.4 Å². The van der Waals surface area contributed by atoms with Crippen molar-refractivity contribution in [2.45, 2.75) is 12.3 Å². The molecule has 3 rings (SSSR count). The van der Waals surface area contributed by atoms with Crippen LogP contribution in [0.5, 0.6) is 0 Å². The van der Waals surface area contributed by atoms with E-state index < -0.39 is 0 Å². The Morgan fingerprint density at radius 3 is 2.82 bits per heavy atom. The van der Waals surface area contributed by atoms with Crippen LogP contribution in [0.15, 0.2) is 36.7 Å². The summed E-state index contributed by atoms with van der Waals surface area (Å²) in [7, 11) is 0. The first kappa shape index (κ1) is 10.4. The van der Waals surface area contributed by atoms with E-state index in [0.717, 1.165) is 36.7 Å². The third kappa shape index (κ3) is 2.17. The maximum absolute atomic E-state index is 4.61. The second-order valence-electron chi connectivity index (χ2n) is 4.20. The van der Waals surface area contributed by atoms with Crippen LogP contribution in [0.1, 0.15) is 18.2 Å². The minimum atomic E-state index is 0.443. The van der Waals surface area contributed by atoms with Gasteiger partial charge in [-0.15, -0.1) is 0 Å². The van der Waals surface area contributed by atoms with Crippen molar-refractivity contribution in [3.63, 3.8) is 0 Å². The number of hydrogen-bond donors (Lipinski definition) is 1. The number of aromatic nitrogens is 3. The Labute approximate surface area is 100 Å². The SMILES string of the molecule is c1ccc(-c2ccnc(C3CCNC3)n2)nc1. The molecule has 17 heavy (non-hydrogen) atoms. The molecule has 0 radical (unpaired) electrons. The molecule has 1 aliphatic heterocycles. The molecular formula is C13H14N4. The quantitative estimate of drug-likeness (QED) is 0.845. The minimum Gasteiger partial charge on any atom is -0.316 e. The summed E-state index contributed by atoms with van der Waals surface area (Å²) in [4.78, 5) is 13.3. The Kier molecular flexibility index (Phi) is 2.80. The topological polar surface area (TPSA) is 50.7 Å². The highest BCUT2D eigenvalue weighted by Gasteiger charge is 2.19. The van der Waals surface area contributed by atoms with Crippen molar-refractivity contribution in [2.75, 3.05) is 13.1 Å². The zero-order valence-electron chi connectivity index (χ0n) is 9.50. The van der Waals surface area contributed by atoms with E-state index in [2.05, 4.69) is 20.3 Å². The Morgan fingerprint density at radius 1 is 1.06 bits per heavy atom. The largest absolute Gasteiger partial charge is 0.316 e. The van der Waals surface area contributed by atoms with Gasteiger partial charge in [0.2, 0.25) is 0 Å². The van der Waals surface area contributed by atoms with E-state index in [-0.39, 0.29) is 0 Å². The fourth-order valence-corrected chi connectivity index (χ4v) is 2.10. The first-order chi connectivity index (χ1) is 8.43. The molecular weight excluding hydrogens is 212 g/mol. The van der Waals surface area contributed by atoms with Gasteiger partial charge in [-0.2, -0.15) is 0 Å². The molecule has 86 valence electrons. The number of pyridine rings is 1. The van der Waals surface area contributed by atoms with Gasteiger partial charge in [0, 0.05) is 24.9 Å². The molecule has 0 bridgehead atoms. The summed E-state index contributed by atoms with van der Waals surface area (Å²) in [5, 5.41) is 3.33. The molecule has 1 N–H and O–H groups in total. The van der Waals surface area contributed by atoms with Crippen molar-refractivity contribution in [1.82, 2.24) is 20.3 Å². The van der Waals surface area contributed by atoms with Crippen LogP contribution in [0.3, 0.4) is 0 Å². The second-order valence-corrected chi connectivity index (χ2v) is 4.20. The van der Waals surface area contributed by atoms with E-state index in [1.165, 1.54) is 0 Å². The number of nitrogens with one attached hydrogen (secondary N) is 1. The Hall–Kier alpha value is -1.81. The van der Waals surface area contributed by atoms with Crippen LogP contribution in [0.4, 0.5) is 0 Å². The zero-order chi connectivity index (χ0) is 11.5. The van der Waals surface area contributed by atoms with Crippen LogP contribution in [0.2, 0.25) is 0 Å². The van der Waals surface area contributed by atoms with Crippen LogP contribution in [-0.2, 0) is 0 Å². The molecule has 0 amide bonds. The van der Waals surface area contributed by atoms with E-state index >= 15 is 0 Å². The van der Waals surface area contributed by atoms with Crippen molar-refractivity contribution >= 4 is 0 Å². The maximum atomic E-state index is 4.61. The van der Waals surface area contributed by atoms with Gasteiger partial charge in [-0.3, -0.25) is 4.98 Å². The molecule has 1 fully saturated rings. The molecule has 2 aromatic heterocycles. The third-order valence-corrected chi connectivity index (χ3v) is 3.03. The summed E-state index contributed by atoms with van der Waals surface area (Å²) in [6.07, 6.45) is 4.73. The maximum Gasteiger partial charge on any atom is 0.133 e. The van der Waals surface area contributed by atoms with Crippen molar-refractivity contribution in [3.05, 3.63) is 42.5 Å². The Bertz CT molecular complexity index is 492. The predicted octanol–water partition coefficient (Wildman–Crippen LogP) is 1.62. The van der Waals surface area contributed by atoms with Gasteiger partial charge in [-0.1, -0.05) is 6.07 Å². The first-order valence-electron chi connectivity index (χ1n) is 5.88. The molecule has 0 spiro atoms. The molecule has 1 atom stereocenters. The standard InChI is InChI=1S/C13H14N4/c1-2-6-15-11(3-1)12-5-8-16-13(17-12)10-4-7-14-9-10/h1-3,5-6,8,10,14H,4,7,9H2. The molecule has 4 nitrogen and oxygen atoms in total. The summed E-state index contributed by atoms with van der Waals surface area (Å²) in [6.45, 7) is 2.04. The Morgan fingerprint density at radius 2 is 2.06 bits per heavy atom. The molecule has 2 aromatic rings. The van der Waals surface area contributed by atoms with Crippen molar-refractivity contribution in [3.8, 4) is 11.4 Å². The lowest BCUT2D eigenvalue weighted by Gasteiger charge is -2.07. The Balaban J connectivity index is 1.94. The molecule has 1 saturated heterocycles. The third-order valence-electron chi connectivity index (χ3n) is 3.03. The van der Waals surface area contributed by atoms with E-state index in [4.69, 9.17) is 0 Å². The van der Waals surface area contributed by atoms with Crippen LogP contribution >= 0.6 is 0 Å². The smallest absolute Gasteiger partial charge is 0.133 e. The molecule has 0 saturated carbocycles. The van der Waals surface area contributed by atoms with Gasteiger partial charge < -0.3 is 5.32 Å². The van der Waals surface area contributed by atoms with Crippen molar-refractivity contribution < 1.29 is 0 Å². The fourth-order valence-electron chi connectivity index (χ4n) is 2.10. The van der Waals surface area contributed by atoms with Gasteiger partial charge in [0.15, 0.2) is 0 Å². The van der Waals surface area contributed by atoms with Gasteiger partial charge in [-0.05, 0) is 31.2 Å². The highest BCUT2D eigenvalue weighted by molar-refractivity contribution is 5.52. The van der Waals surface area contributed by atoms with Crippen LogP contribution in [0, 0.1) is 0 Å². The van der Waals surface area contributed by atoms with E-state index in [1.54, 1.807) is 6.20 Å². The first-order valence-corrected chi connectivity index (χ1v) is 5.88. The van der Waals surface area contributed by atoms with Crippen LogP contribution in [-0.4, -0.2) is 28.0 Å². The second kappa shape index (κ2) is 4.59. The number of hydrogen-bond acceptors (Lipinski definition) is 4. The van der Waals surface area contributed by atoms with Gasteiger partial charge in [0.25, 0.3) is 0 Å². The number of nitrogens with zero attached hydrogens (tertiary/aromatic N) is 3. The minimum absolute atomic E-state index is 0.443. The molecule has 1 aliphatic rings. The summed E-state index contributed by atoms with van der Waals surface area (Å²) in [6, 6.07) is 7.76. The normalized spacial score (nSPS) is 19.4. The van der Waals surface area contributed by atoms with Crippen LogP contribution < -0.4 is 5.32 Å². The average molecular weight is 226 g/mol. The van der Waals surface area contributed by atoms with Gasteiger partial charge >= 0.3 is 0 Å². The van der Waals surface area contributed by atoms with E-state index in [9.17, 15) is 0 Å². The fraction of sp³-hybridized carbons (Fsp3) is 0.308. The van der Waals surface area contributed by atoms with Crippen molar-refractivity contribution in [2.24, 2.45) is 0 Å². The summed E-state index contributed by atoms with van der Waals surface area (Å²) in [5.41, 5.74) is 1.81. The summed E-state index contributed by atoms with van der Waals surface area (Å²) in [5.74, 6) is 1.37. The highest BCUT2D eigenvalue weighted by atomic mass is 15.0. The lowest BCUT2D eigenvalue weighted by atomic mass is 10.1. The van der Waals surface area contributed by atoms with Crippen molar-refractivity contribution in [1.29, 1.82) is 0 Å². The highest BCUT2D eigenvalue weighted by Crippen LogP contribution is 2.21. The molecule has 0 aromatic carbocycles. The molecule has 1 unspecified atom stereocenters. The lowest BCUT2D eigenvalue weighted by molar-refractivity contribution is 0.702. The summed E-state index contributed by atoms with van der Waals surface area (Å²) < 4.78 is 0. The zero-order valence-corrected chi connectivity index (χ0v) is 9.50. The molecule has 3 heterocycles. The average Bonchev–Trinajstić information content (AvgIpc) is 2.94. The molecule has 0 aliphatic carbocycles. The van der Waals surface area contributed by atoms with Gasteiger partial charge in [0.1, 0.15) is 5.82 Å². The van der Waals surface area contributed by atoms with E-state index in [1.807, 2.05) is 30.5 Å². The summed E-state index contributed by atoms with van der Waals surface area (Å²) >= 11 is 0. The van der Waals surface area contributed by atoms with Crippen LogP contribution in [0.25, 0.3) is 11.4 Å². The predicted molar refractivity (Wildman–Crippen MR) is 65.5 cm³/mol. The van der Waals surface area contributed by atoms with E-state index in [0.29, 0.717) is 5.92 Å². The van der Waals surface area contributed by atoms with Gasteiger partial charge in [-0.25, -0.2) is 9.97 Å².